The Morgan fingerprint density at radius 1 is 1.10 bits per heavy atom. The molecule has 0 aromatic heterocycles. The van der Waals surface area contributed by atoms with Crippen LogP contribution in [0, 0.1) is 29.0 Å². The predicted molar refractivity (Wildman–Crippen MR) is 106 cm³/mol. The quantitative estimate of drug-likeness (QED) is 0.690. The normalized spacial score (nSPS) is 30.2. The number of hydrogen-bond acceptors (Lipinski definition) is 4. The van der Waals surface area contributed by atoms with E-state index in [0.717, 1.165) is 43.7 Å². The van der Waals surface area contributed by atoms with Gasteiger partial charge in [0.2, 0.25) is 11.8 Å². The fourth-order valence-electron chi connectivity index (χ4n) is 5.91. The van der Waals surface area contributed by atoms with Crippen molar-refractivity contribution in [3.63, 3.8) is 0 Å². The number of hydrogen-bond donors (Lipinski definition) is 2. The number of anilines is 1. The first kappa shape index (κ1) is 20.3. The van der Waals surface area contributed by atoms with Gasteiger partial charge in [-0.3, -0.25) is 9.59 Å². The lowest BCUT2D eigenvalue weighted by Gasteiger charge is -2.55. The molecule has 0 atom stereocenters. The van der Waals surface area contributed by atoms with Gasteiger partial charge in [0, 0.05) is 24.6 Å². The van der Waals surface area contributed by atoms with Crippen molar-refractivity contribution in [1.29, 1.82) is 0 Å². The molecule has 1 aromatic rings. The van der Waals surface area contributed by atoms with Crippen molar-refractivity contribution in [3.05, 3.63) is 24.0 Å². The van der Waals surface area contributed by atoms with Gasteiger partial charge < -0.3 is 10.6 Å². The number of rotatable bonds is 6. The topological polar surface area (TPSA) is 92.3 Å². The Labute approximate surface area is 170 Å². The van der Waals surface area contributed by atoms with Crippen LogP contribution in [0.1, 0.15) is 44.9 Å². The lowest BCUT2D eigenvalue weighted by Crippen LogP contribution is -2.53. The van der Waals surface area contributed by atoms with Crippen molar-refractivity contribution in [1.82, 2.24) is 5.32 Å². The molecule has 0 spiro atoms. The molecule has 0 aliphatic heterocycles. The maximum Gasteiger partial charge on any atom is 0.226 e. The average Bonchev–Trinajstić information content (AvgIpc) is 2.61. The highest BCUT2D eigenvalue weighted by Gasteiger charge is 2.54. The fourth-order valence-corrected chi connectivity index (χ4v) is 6.56. The highest BCUT2D eigenvalue weighted by Crippen LogP contribution is 2.60. The molecule has 158 valence electrons. The molecule has 4 aliphatic carbocycles. The van der Waals surface area contributed by atoms with Gasteiger partial charge in [-0.2, -0.15) is 0 Å². The molecule has 4 bridgehead atoms. The second kappa shape index (κ2) is 7.38. The summed E-state index contributed by atoms with van der Waals surface area (Å²) < 4.78 is 37.1. The number of halogens is 1. The molecule has 2 N–H and O–H groups in total. The third-order valence-corrected chi connectivity index (χ3v) is 7.91. The van der Waals surface area contributed by atoms with Gasteiger partial charge in [-0.05, 0) is 74.5 Å². The van der Waals surface area contributed by atoms with E-state index in [1.807, 2.05) is 0 Å². The van der Waals surface area contributed by atoms with E-state index in [1.54, 1.807) is 0 Å². The predicted octanol–water partition coefficient (Wildman–Crippen LogP) is 2.89. The van der Waals surface area contributed by atoms with Crippen LogP contribution in [0.4, 0.5) is 10.1 Å². The standard InChI is InChI=1S/C21H27FN2O4S/c1-29(27,28)16-2-3-17(22)18(9-16)24-19(25)4-5-23-20(26)21-10-13-6-14(11-21)8-15(7-13)12-21/h2-3,9,13-15H,4-8,10-12H2,1H3,(H,23,26)(H,24,25). The van der Waals surface area contributed by atoms with Crippen LogP contribution in [0.25, 0.3) is 0 Å². The SMILES string of the molecule is CS(=O)(=O)c1ccc(F)c(NC(=O)CCNC(=O)C23CC4CC(CC(C4)C2)C3)c1. The lowest BCUT2D eigenvalue weighted by atomic mass is 9.49. The largest absolute Gasteiger partial charge is 0.355 e. The lowest BCUT2D eigenvalue weighted by molar-refractivity contribution is -0.146. The van der Waals surface area contributed by atoms with Crippen molar-refractivity contribution in [2.45, 2.75) is 49.8 Å². The van der Waals surface area contributed by atoms with E-state index >= 15 is 0 Å². The Hall–Kier alpha value is -1.96. The first-order chi connectivity index (χ1) is 13.6. The molecular weight excluding hydrogens is 395 g/mol. The van der Waals surface area contributed by atoms with Crippen LogP contribution in [0.5, 0.6) is 0 Å². The molecule has 1 aromatic carbocycles. The number of carbonyl (C=O) groups is 2. The van der Waals surface area contributed by atoms with Crippen LogP contribution < -0.4 is 10.6 Å². The number of sulfone groups is 1. The van der Waals surface area contributed by atoms with Crippen LogP contribution in [0.2, 0.25) is 0 Å². The van der Waals surface area contributed by atoms with E-state index in [2.05, 4.69) is 10.6 Å². The summed E-state index contributed by atoms with van der Waals surface area (Å²) in [7, 11) is -3.50. The maximum atomic E-state index is 13.9. The summed E-state index contributed by atoms with van der Waals surface area (Å²) >= 11 is 0. The molecular formula is C21H27FN2O4S. The Balaban J connectivity index is 1.31. The zero-order valence-corrected chi connectivity index (χ0v) is 17.4. The first-order valence-electron chi connectivity index (χ1n) is 10.2. The average molecular weight is 423 g/mol. The number of nitrogens with one attached hydrogen (secondary N) is 2. The third-order valence-electron chi connectivity index (χ3n) is 6.80. The number of benzene rings is 1. The third kappa shape index (κ3) is 4.17. The molecule has 6 nitrogen and oxygen atoms in total. The molecule has 4 fully saturated rings. The van der Waals surface area contributed by atoms with Gasteiger partial charge in [-0.25, -0.2) is 12.8 Å². The summed E-state index contributed by atoms with van der Waals surface area (Å²) in [6, 6.07) is 3.28. The zero-order chi connectivity index (χ0) is 20.8. The van der Waals surface area contributed by atoms with Crippen molar-refractivity contribution in [2.75, 3.05) is 18.1 Å². The smallest absolute Gasteiger partial charge is 0.226 e. The van der Waals surface area contributed by atoms with Crippen molar-refractivity contribution >= 4 is 27.3 Å². The van der Waals surface area contributed by atoms with Crippen LogP contribution in [-0.4, -0.2) is 33.0 Å². The highest BCUT2D eigenvalue weighted by molar-refractivity contribution is 7.90. The minimum atomic E-state index is -3.50. The zero-order valence-electron chi connectivity index (χ0n) is 16.5. The van der Waals surface area contributed by atoms with E-state index < -0.39 is 21.6 Å². The summed E-state index contributed by atoms with van der Waals surface area (Å²) in [5.41, 5.74) is -0.438. The van der Waals surface area contributed by atoms with Gasteiger partial charge in [-0.1, -0.05) is 0 Å². The van der Waals surface area contributed by atoms with Crippen molar-refractivity contribution < 1.29 is 22.4 Å². The molecule has 0 saturated heterocycles. The van der Waals surface area contributed by atoms with Crippen molar-refractivity contribution in [2.24, 2.45) is 23.2 Å². The highest BCUT2D eigenvalue weighted by atomic mass is 32.2. The molecule has 0 heterocycles. The van der Waals surface area contributed by atoms with E-state index in [0.29, 0.717) is 17.8 Å². The van der Waals surface area contributed by atoms with E-state index in [-0.39, 0.29) is 34.9 Å². The second-order valence-corrected chi connectivity index (χ2v) is 11.2. The van der Waals surface area contributed by atoms with Crippen LogP contribution in [-0.2, 0) is 19.4 Å². The monoisotopic (exact) mass is 422 g/mol. The number of carbonyl (C=O) groups excluding carboxylic acids is 2. The molecule has 4 aliphatic rings. The fraction of sp³-hybridized carbons (Fsp3) is 0.619. The molecule has 29 heavy (non-hydrogen) atoms. The molecule has 2 amide bonds. The van der Waals surface area contributed by atoms with Crippen LogP contribution in [0.3, 0.4) is 0 Å². The van der Waals surface area contributed by atoms with Gasteiger partial charge >= 0.3 is 0 Å². The van der Waals surface area contributed by atoms with Gasteiger partial charge in [0.05, 0.1) is 10.6 Å². The minimum absolute atomic E-state index is 0.000643. The summed E-state index contributed by atoms with van der Waals surface area (Å²) in [4.78, 5) is 25.0. The molecule has 5 rings (SSSR count). The maximum absolute atomic E-state index is 13.9. The molecule has 8 heteroatoms. The van der Waals surface area contributed by atoms with Crippen molar-refractivity contribution in [3.8, 4) is 0 Å². The van der Waals surface area contributed by atoms with Gasteiger partial charge in [0.1, 0.15) is 5.82 Å². The summed E-state index contributed by atoms with van der Waals surface area (Å²) in [6.45, 7) is 0.180. The minimum Gasteiger partial charge on any atom is -0.355 e. The van der Waals surface area contributed by atoms with Crippen LogP contribution in [0.15, 0.2) is 23.1 Å². The second-order valence-electron chi connectivity index (χ2n) is 9.17. The van der Waals surface area contributed by atoms with Gasteiger partial charge in [0.15, 0.2) is 9.84 Å². The summed E-state index contributed by atoms with van der Waals surface area (Å²) in [6.07, 6.45) is 7.67. The summed E-state index contributed by atoms with van der Waals surface area (Å²) in [5.74, 6) is 0.875. The van der Waals surface area contributed by atoms with Gasteiger partial charge in [0.25, 0.3) is 0 Å². The number of amides is 2. The molecule has 0 unspecified atom stereocenters. The Morgan fingerprint density at radius 2 is 1.69 bits per heavy atom. The summed E-state index contributed by atoms with van der Waals surface area (Å²) in [5, 5.41) is 5.32. The van der Waals surface area contributed by atoms with E-state index in [9.17, 15) is 22.4 Å². The van der Waals surface area contributed by atoms with E-state index in [4.69, 9.17) is 0 Å². The van der Waals surface area contributed by atoms with Gasteiger partial charge in [-0.15, -0.1) is 0 Å². The first-order valence-corrected chi connectivity index (χ1v) is 12.1. The molecule has 0 radical (unpaired) electrons. The van der Waals surface area contributed by atoms with E-state index in [1.165, 1.54) is 19.3 Å². The molecule has 4 saturated carbocycles. The van der Waals surface area contributed by atoms with Crippen LogP contribution >= 0.6 is 0 Å². The Kier molecular flexibility index (Phi) is 5.17. The Bertz CT molecular complexity index is 909. The Morgan fingerprint density at radius 3 is 2.24 bits per heavy atom.